The first-order valence-electron chi connectivity index (χ1n) is 6.26. The summed E-state index contributed by atoms with van der Waals surface area (Å²) < 4.78 is 16.1. The van der Waals surface area contributed by atoms with Crippen molar-refractivity contribution in [1.82, 2.24) is 4.72 Å². The number of benzene rings is 1. The summed E-state index contributed by atoms with van der Waals surface area (Å²) in [7, 11) is 0. The van der Waals surface area contributed by atoms with E-state index in [1.54, 1.807) is 0 Å². The van der Waals surface area contributed by atoms with Crippen molar-refractivity contribution in [2.75, 3.05) is 6.61 Å². The molecule has 0 radical (unpaired) electrons. The lowest BCUT2D eigenvalue weighted by molar-refractivity contribution is 0.237. The number of halogens is 1. The van der Waals surface area contributed by atoms with Crippen molar-refractivity contribution in [2.45, 2.75) is 44.4 Å². The molecular formula is C14H22BrNO2S. The first-order valence-corrected chi connectivity index (χ1v) is 8.20. The van der Waals surface area contributed by atoms with Crippen LogP contribution in [-0.4, -0.2) is 21.0 Å². The fraction of sp³-hybridized carbons (Fsp3) is 0.571. The molecule has 0 amide bonds. The molecule has 5 heteroatoms. The van der Waals surface area contributed by atoms with Gasteiger partial charge >= 0.3 is 0 Å². The van der Waals surface area contributed by atoms with E-state index in [0.29, 0.717) is 6.42 Å². The molecule has 108 valence electrons. The van der Waals surface area contributed by atoms with Crippen LogP contribution in [-0.2, 0) is 16.9 Å². The first-order chi connectivity index (χ1) is 8.69. The van der Waals surface area contributed by atoms with Crippen molar-refractivity contribution < 1.29 is 9.66 Å². The molecule has 1 aromatic carbocycles. The number of hydrogen-bond donors (Lipinski definition) is 2. The fourth-order valence-corrected chi connectivity index (χ4v) is 3.00. The highest BCUT2D eigenvalue weighted by molar-refractivity contribution is 9.10. The highest BCUT2D eigenvalue weighted by Gasteiger charge is 2.36. The lowest BCUT2D eigenvalue weighted by Crippen LogP contribution is -2.50. The topological polar surface area (TPSA) is 55.3 Å². The third-order valence-electron chi connectivity index (χ3n) is 2.95. The normalized spacial score (nSPS) is 17.0. The fourth-order valence-electron chi connectivity index (χ4n) is 1.67. The van der Waals surface area contributed by atoms with Gasteiger partial charge in [0.2, 0.25) is 0 Å². The molecule has 0 aliphatic heterocycles. The minimum atomic E-state index is -1.19. The molecule has 0 saturated carbocycles. The number of aliphatic hydroxyl groups is 1. The quantitative estimate of drug-likeness (QED) is 0.804. The van der Waals surface area contributed by atoms with Gasteiger partial charge in [-0.25, -0.2) is 0 Å². The maximum absolute atomic E-state index is 12.3. The van der Waals surface area contributed by atoms with Crippen molar-refractivity contribution in [3.8, 4) is 0 Å². The van der Waals surface area contributed by atoms with E-state index in [-0.39, 0.29) is 11.4 Å². The zero-order valence-electron chi connectivity index (χ0n) is 11.9. The summed E-state index contributed by atoms with van der Waals surface area (Å²) in [5.74, 6) is 0. The largest absolute Gasteiger partial charge is 0.598 e. The van der Waals surface area contributed by atoms with Gasteiger partial charge in [-0.1, -0.05) is 28.1 Å². The predicted molar refractivity (Wildman–Crippen MR) is 84.2 cm³/mol. The van der Waals surface area contributed by atoms with E-state index in [9.17, 15) is 9.66 Å². The van der Waals surface area contributed by atoms with Gasteiger partial charge in [-0.05, 0) is 51.8 Å². The summed E-state index contributed by atoms with van der Waals surface area (Å²) >= 11 is 2.25. The molecule has 0 aliphatic rings. The average molecular weight is 348 g/mol. The van der Waals surface area contributed by atoms with E-state index in [4.69, 9.17) is 0 Å². The third kappa shape index (κ3) is 4.76. The number of rotatable bonds is 5. The van der Waals surface area contributed by atoms with Crippen LogP contribution < -0.4 is 4.72 Å². The maximum Gasteiger partial charge on any atom is 0.136 e. The standard InChI is InChI=1S/C14H22BrNO2S/c1-13(2,3)19(18)16-14(4,8-9-17)11-6-5-7-12(15)10-11/h5-7,10,16-17H,8-9H2,1-4H3/t14-,19+/m0/s1. The molecule has 2 atom stereocenters. The van der Waals surface area contributed by atoms with E-state index in [1.165, 1.54) is 0 Å². The van der Waals surface area contributed by atoms with Gasteiger partial charge in [-0.2, -0.15) is 0 Å². The molecule has 0 saturated heterocycles. The molecule has 0 aliphatic carbocycles. The average Bonchev–Trinajstić information content (AvgIpc) is 2.28. The van der Waals surface area contributed by atoms with Gasteiger partial charge in [0.25, 0.3) is 0 Å². The Morgan fingerprint density at radius 1 is 1.32 bits per heavy atom. The first kappa shape index (κ1) is 17.0. The van der Waals surface area contributed by atoms with Crippen molar-refractivity contribution in [1.29, 1.82) is 0 Å². The lowest BCUT2D eigenvalue weighted by atomic mass is 9.90. The number of aliphatic hydroxyl groups excluding tert-OH is 1. The Hall–Kier alpha value is -0.0700. The minimum absolute atomic E-state index is 0.0390. The van der Waals surface area contributed by atoms with Crippen LogP contribution in [0.1, 0.15) is 39.7 Å². The van der Waals surface area contributed by atoms with Crippen LogP contribution in [0.15, 0.2) is 28.7 Å². The summed E-state index contributed by atoms with van der Waals surface area (Å²) in [5, 5.41) is 9.30. The van der Waals surface area contributed by atoms with Crippen LogP contribution >= 0.6 is 15.9 Å². The summed E-state index contributed by atoms with van der Waals surface area (Å²) in [5.41, 5.74) is 0.491. The van der Waals surface area contributed by atoms with Crippen LogP contribution in [0.3, 0.4) is 0 Å². The van der Waals surface area contributed by atoms with Crippen LogP contribution in [0, 0.1) is 0 Å². The van der Waals surface area contributed by atoms with E-state index < -0.39 is 16.9 Å². The van der Waals surface area contributed by atoms with Crippen LogP contribution in [0.4, 0.5) is 0 Å². The summed E-state index contributed by atoms with van der Waals surface area (Å²) in [6.07, 6.45) is 0.505. The second kappa shape index (κ2) is 6.59. The van der Waals surface area contributed by atoms with Crippen molar-refractivity contribution in [3.05, 3.63) is 34.3 Å². The van der Waals surface area contributed by atoms with Crippen LogP contribution in [0.2, 0.25) is 0 Å². The Morgan fingerprint density at radius 3 is 2.42 bits per heavy atom. The molecular weight excluding hydrogens is 326 g/mol. The molecule has 2 N–H and O–H groups in total. The van der Waals surface area contributed by atoms with Gasteiger partial charge in [-0.15, -0.1) is 4.72 Å². The molecule has 0 spiro atoms. The summed E-state index contributed by atoms with van der Waals surface area (Å²) in [4.78, 5) is 0. The van der Waals surface area contributed by atoms with E-state index >= 15 is 0 Å². The Labute approximate surface area is 127 Å². The zero-order chi connectivity index (χ0) is 14.7. The molecule has 1 rings (SSSR count). The lowest BCUT2D eigenvalue weighted by Gasteiger charge is -2.35. The Balaban J connectivity index is 3.03. The molecule has 0 bridgehead atoms. The minimum Gasteiger partial charge on any atom is -0.598 e. The van der Waals surface area contributed by atoms with Gasteiger partial charge in [0.15, 0.2) is 0 Å². The maximum atomic E-state index is 12.3. The molecule has 0 fully saturated rings. The molecule has 1 aromatic rings. The monoisotopic (exact) mass is 347 g/mol. The number of hydrogen-bond acceptors (Lipinski definition) is 3. The number of nitrogens with one attached hydrogen (secondary N) is 1. The van der Waals surface area contributed by atoms with Crippen molar-refractivity contribution in [3.63, 3.8) is 0 Å². The molecule has 0 aromatic heterocycles. The Kier molecular flexibility index (Phi) is 5.89. The van der Waals surface area contributed by atoms with E-state index in [1.807, 2.05) is 52.0 Å². The molecule has 0 heterocycles. The molecule has 19 heavy (non-hydrogen) atoms. The summed E-state index contributed by atoms with van der Waals surface area (Å²) in [6, 6.07) is 7.86. The second-order valence-electron chi connectivity index (χ2n) is 5.80. The van der Waals surface area contributed by atoms with Crippen LogP contribution in [0.25, 0.3) is 0 Å². The summed E-state index contributed by atoms with van der Waals surface area (Å²) in [6.45, 7) is 7.79. The van der Waals surface area contributed by atoms with Gasteiger partial charge in [0.1, 0.15) is 4.75 Å². The highest BCUT2D eigenvalue weighted by Crippen LogP contribution is 2.29. The van der Waals surface area contributed by atoms with Crippen molar-refractivity contribution >= 4 is 27.3 Å². The van der Waals surface area contributed by atoms with Gasteiger partial charge in [0.05, 0.1) is 5.54 Å². The van der Waals surface area contributed by atoms with E-state index in [2.05, 4.69) is 20.7 Å². The van der Waals surface area contributed by atoms with Crippen LogP contribution in [0.5, 0.6) is 0 Å². The Bertz CT molecular complexity index is 422. The molecule has 0 unspecified atom stereocenters. The highest BCUT2D eigenvalue weighted by atomic mass is 79.9. The second-order valence-corrected chi connectivity index (χ2v) is 8.68. The van der Waals surface area contributed by atoms with Gasteiger partial charge < -0.3 is 9.66 Å². The van der Waals surface area contributed by atoms with Gasteiger partial charge in [-0.3, -0.25) is 0 Å². The SMILES string of the molecule is CC(C)(C)[S@@+]([O-])N[C@@](C)(CCO)c1cccc(Br)c1. The van der Waals surface area contributed by atoms with Gasteiger partial charge in [0, 0.05) is 22.4 Å². The Morgan fingerprint density at radius 2 is 1.95 bits per heavy atom. The predicted octanol–water partition coefficient (Wildman–Crippen LogP) is 3.10. The van der Waals surface area contributed by atoms with E-state index in [0.717, 1.165) is 10.0 Å². The molecule has 3 nitrogen and oxygen atoms in total. The third-order valence-corrected chi connectivity index (χ3v) is 5.19. The zero-order valence-corrected chi connectivity index (χ0v) is 14.3. The smallest absolute Gasteiger partial charge is 0.136 e. The van der Waals surface area contributed by atoms with Crippen molar-refractivity contribution in [2.24, 2.45) is 0 Å².